The number of rotatable bonds is 8. The summed E-state index contributed by atoms with van der Waals surface area (Å²) in [4.78, 5) is 13.0. The highest BCUT2D eigenvalue weighted by molar-refractivity contribution is 7.88. The molecule has 0 amide bonds. The molecule has 1 saturated heterocycles. The van der Waals surface area contributed by atoms with Crippen LogP contribution in [0.15, 0.2) is 36.5 Å². The molecule has 0 saturated carbocycles. The molecule has 0 unspecified atom stereocenters. The Kier molecular flexibility index (Phi) is 8.58. The van der Waals surface area contributed by atoms with E-state index >= 15 is 8.78 Å². The second-order valence-electron chi connectivity index (χ2n) is 11.3. The van der Waals surface area contributed by atoms with Gasteiger partial charge in [0.1, 0.15) is 18.1 Å². The smallest absolute Gasteiger partial charge is 0.209 e. The number of aromatic nitrogens is 2. The fourth-order valence-corrected chi connectivity index (χ4v) is 6.12. The van der Waals surface area contributed by atoms with Crippen LogP contribution in [-0.4, -0.2) is 68.9 Å². The number of anilines is 1. The molecule has 1 aromatic heterocycles. The predicted molar refractivity (Wildman–Crippen MR) is 156 cm³/mol. The Hall–Kier alpha value is -3.15. The summed E-state index contributed by atoms with van der Waals surface area (Å²) in [5.74, 6) is -0.307. The molecule has 220 valence electrons. The van der Waals surface area contributed by atoms with Crippen LogP contribution in [0.4, 0.5) is 14.5 Å². The van der Waals surface area contributed by atoms with E-state index in [0.717, 1.165) is 55.1 Å². The molecule has 41 heavy (non-hydrogen) atoms. The maximum atomic E-state index is 15.1. The van der Waals surface area contributed by atoms with Crippen molar-refractivity contribution in [2.45, 2.75) is 51.6 Å². The van der Waals surface area contributed by atoms with Gasteiger partial charge >= 0.3 is 0 Å². The van der Waals surface area contributed by atoms with Gasteiger partial charge in [0.2, 0.25) is 10.0 Å². The number of hydrogen-bond acceptors (Lipinski definition) is 7. The first kappa shape index (κ1) is 29.3. The summed E-state index contributed by atoms with van der Waals surface area (Å²) in [6.07, 6.45) is 4.58. The Balaban J connectivity index is 1.45. The zero-order chi connectivity index (χ0) is 29.3. The monoisotopic (exact) mass is 585 g/mol. The quantitative estimate of drug-likeness (QED) is 0.417. The summed E-state index contributed by atoms with van der Waals surface area (Å²) >= 11 is 0. The average Bonchev–Trinajstić information content (AvgIpc) is 2.93. The van der Waals surface area contributed by atoms with Gasteiger partial charge in [-0.05, 0) is 81.6 Å². The van der Waals surface area contributed by atoms with Crippen molar-refractivity contribution in [2.24, 2.45) is 0 Å². The van der Waals surface area contributed by atoms with E-state index < -0.39 is 21.7 Å². The van der Waals surface area contributed by atoms with Gasteiger partial charge in [-0.1, -0.05) is 18.2 Å². The van der Waals surface area contributed by atoms with Crippen molar-refractivity contribution in [1.29, 1.82) is 0 Å². The zero-order valence-electron chi connectivity index (χ0n) is 24.0. The lowest BCUT2D eigenvalue weighted by molar-refractivity contribution is 0.255. The molecule has 0 radical (unpaired) electrons. The number of piperidine rings is 1. The molecule has 0 spiro atoms. The Bertz CT molecular complexity index is 1520. The summed E-state index contributed by atoms with van der Waals surface area (Å²) in [5, 5.41) is 0. The van der Waals surface area contributed by atoms with Gasteiger partial charge in [-0.15, -0.1) is 0 Å². The average molecular weight is 586 g/mol. The fraction of sp³-hybridized carbons (Fsp3) is 0.467. The van der Waals surface area contributed by atoms with Crippen molar-refractivity contribution in [3.63, 3.8) is 0 Å². The third kappa shape index (κ3) is 6.85. The summed E-state index contributed by atoms with van der Waals surface area (Å²) < 4.78 is 62.1. The van der Waals surface area contributed by atoms with Crippen LogP contribution in [0.5, 0.6) is 5.75 Å². The summed E-state index contributed by atoms with van der Waals surface area (Å²) in [6.45, 7) is 7.18. The first-order valence-corrected chi connectivity index (χ1v) is 15.9. The highest BCUT2D eigenvalue weighted by Gasteiger charge is 2.26. The standard InChI is InChI=1S/C30H37F2N5O3S/c1-19(2)37-11-12-40-30-25(31)15-22(16-27(30)37)29-26(32)18-33-28(35-29)14-20-5-6-24(21-7-9-36(3)10-8-21)23(13-20)17-34-41(4,38)39/h5-6,13,15-16,18-19,21,34H,7-12,14,17H2,1-4H3. The summed E-state index contributed by atoms with van der Waals surface area (Å²) in [7, 11) is -1.27. The number of halogens is 2. The lowest BCUT2D eigenvalue weighted by Gasteiger charge is -2.34. The lowest BCUT2D eigenvalue weighted by Crippen LogP contribution is -2.38. The number of likely N-dealkylation sites (tertiary alicyclic amines) is 1. The van der Waals surface area contributed by atoms with Gasteiger partial charge in [0.15, 0.2) is 17.4 Å². The molecule has 3 aromatic rings. The molecule has 1 N–H and O–H groups in total. The second-order valence-corrected chi connectivity index (χ2v) is 13.1. The molecule has 0 aliphatic carbocycles. The van der Waals surface area contributed by atoms with Crippen LogP contribution in [0.2, 0.25) is 0 Å². The van der Waals surface area contributed by atoms with E-state index in [0.29, 0.717) is 42.6 Å². The third-order valence-corrected chi connectivity index (χ3v) is 8.52. The van der Waals surface area contributed by atoms with Crippen molar-refractivity contribution in [3.05, 3.63) is 70.7 Å². The van der Waals surface area contributed by atoms with Crippen LogP contribution in [-0.2, 0) is 23.0 Å². The van der Waals surface area contributed by atoms with Gasteiger partial charge in [0.25, 0.3) is 0 Å². The normalized spacial score (nSPS) is 16.6. The fourth-order valence-electron chi connectivity index (χ4n) is 5.70. The first-order chi connectivity index (χ1) is 19.5. The van der Waals surface area contributed by atoms with Gasteiger partial charge in [-0.2, -0.15) is 0 Å². The zero-order valence-corrected chi connectivity index (χ0v) is 24.8. The molecule has 5 rings (SSSR count). The highest BCUT2D eigenvalue weighted by atomic mass is 32.2. The Morgan fingerprint density at radius 1 is 1.10 bits per heavy atom. The number of nitrogens with zero attached hydrogens (tertiary/aromatic N) is 4. The topological polar surface area (TPSA) is 87.7 Å². The maximum Gasteiger partial charge on any atom is 0.209 e. The number of sulfonamides is 1. The molecule has 0 atom stereocenters. The van der Waals surface area contributed by atoms with E-state index in [-0.39, 0.29) is 24.0 Å². The number of ether oxygens (including phenoxy) is 1. The molecule has 2 aliphatic heterocycles. The van der Waals surface area contributed by atoms with Crippen molar-refractivity contribution < 1.29 is 21.9 Å². The Morgan fingerprint density at radius 2 is 1.85 bits per heavy atom. The molecule has 11 heteroatoms. The van der Waals surface area contributed by atoms with Crippen LogP contribution >= 0.6 is 0 Å². The van der Waals surface area contributed by atoms with E-state index in [1.807, 2.05) is 30.9 Å². The third-order valence-electron chi connectivity index (χ3n) is 7.86. The SMILES string of the molecule is CC(C)N1CCOc2c(F)cc(-c3nc(Cc4ccc(C5CCN(C)CC5)c(CNS(C)(=O)=O)c4)ncc3F)cc21. The van der Waals surface area contributed by atoms with Crippen LogP contribution < -0.4 is 14.4 Å². The summed E-state index contributed by atoms with van der Waals surface area (Å²) in [6, 6.07) is 9.13. The van der Waals surface area contributed by atoms with Gasteiger partial charge in [0.05, 0.1) is 24.7 Å². The van der Waals surface area contributed by atoms with Gasteiger partial charge in [-0.3, -0.25) is 0 Å². The Labute approximate surface area is 240 Å². The molecule has 0 bridgehead atoms. The first-order valence-electron chi connectivity index (χ1n) is 14.0. The van der Waals surface area contributed by atoms with Crippen molar-refractivity contribution in [1.82, 2.24) is 19.6 Å². The minimum absolute atomic E-state index is 0.0212. The number of benzene rings is 2. The van der Waals surface area contributed by atoms with E-state index in [1.165, 1.54) is 6.07 Å². The number of fused-ring (bicyclic) bond motifs is 1. The molecule has 1 fully saturated rings. The van der Waals surface area contributed by atoms with E-state index in [9.17, 15) is 8.42 Å². The van der Waals surface area contributed by atoms with Gasteiger partial charge in [-0.25, -0.2) is 31.9 Å². The van der Waals surface area contributed by atoms with E-state index in [1.54, 1.807) is 6.07 Å². The lowest BCUT2D eigenvalue weighted by atomic mass is 9.85. The van der Waals surface area contributed by atoms with Crippen LogP contribution in [0, 0.1) is 11.6 Å². The van der Waals surface area contributed by atoms with Crippen molar-refractivity contribution >= 4 is 15.7 Å². The minimum atomic E-state index is -3.38. The Morgan fingerprint density at radius 3 is 2.56 bits per heavy atom. The largest absolute Gasteiger partial charge is 0.486 e. The van der Waals surface area contributed by atoms with Crippen molar-refractivity contribution in [3.8, 4) is 17.0 Å². The number of hydrogen-bond donors (Lipinski definition) is 1. The maximum absolute atomic E-state index is 15.1. The van der Waals surface area contributed by atoms with Crippen molar-refractivity contribution in [2.75, 3.05) is 44.4 Å². The molecule has 3 heterocycles. The second kappa shape index (κ2) is 12.0. The molecular weight excluding hydrogens is 548 g/mol. The highest BCUT2D eigenvalue weighted by Crippen LogP contribution is 2.39. The van der Waals surface area contributed by atoms with Crippen LogP contribution in [0.25, 0.3) is 11.3 Å². The van der Waals surface area contributed by atoms with Crippen LogP contribution in [0.1, 0.15) is 55.1 Å². The number of nitrogens with one attached hydrogen (secondary N) is 1. The van der Waals surface area contributed by atoms with Gasteiger partial charge in [0, 0.05) is 24.6 Å². The van der Waals surface area contributed by atoms with Crippen LogP contribution in [0.3, 0.4) is 0 Å². The minimum Gasteiger partial charge on any atom is -0.486 e. The molecule has 8 nitrogen and oxygen atoms in total. The summed E-state index contributed by atoms with van der Waals surface area (Å²) in [5.41, 5.74) is 3.84. The molecular formula is C30H37F2N5O3S. The molecule has 2 aromatic carbocycles. The molecule has 2 aliphatic rings. The van der Waals surface area contributed by atoms with Gasteiger partial charge < -0.3 is 14.5 Å². The predicted octanol–water partition coefficient (Wildman–Crippen LogP) is 4.48. The van der Waals surface area contributed by atoms with E-state index in [4.69, 9.17) is 4.74 Å². The van der Waals surface area contributed by atoms with E-state index in [2.05, 4.69) is 32.7 Å².